The Morgan fingerprint density at radius 1 is 0.515 bits per heavy atom. The second-order valence-electron chi connectivity index (χ2n) is 22.3. The number of nitrogens with zero attached hydrogens (tertiary/aromatic N) is 3. The van der Waals surface area contributed by atoms with Crippen molar-refractivity contribution in [3.05, 3.63) is 25.8 Å². The smallest absolute Gasteiger partial charge is 0.330 e. The van der Waals surface area contributed by atoms with Crippen molar-refractivity contribution < 1.29 is 140 Å². The highest BCUT2D eigenvalue weighted by molar-refractivity contribution is 9.09. The average Bonchev–Trinajstić information content (AvgIpc) is 0.838. The van der Waals surface area contributed by atoms with Gasteiger partial charge >= 0.3 is 49.4 Å². The number of sulfonamides is 1. The molecule has 602 valence electrons. The number of halogens is 33. The molecule has 0 aromatic heterocycles. The quantitative estimate of drug-likeness (QED) is 0.0168. The Bertz CT molecular complexity index is 2320. The summed E-state index contributed by atoms with van der Waals surface area (Å²) in [6.07, 6.45) is -47.8. The van der Waals surface area contributed by atoms with E-state index in [1.807, 2.05) is 11.0 Å². The second-order valence-corrected chi connectivity index (χ2v) is 30.7. The van der Waals surface area contributed by atoms with Gasteiger partial charge in [0.1, 0.15) is 5.40 Å². The summed E-state index contributed by atoms with van der Waals surface area (Å²) in [5, 5.41) is 10.0. The van der Waals surface area contributed by atoms with Gasteiger partial charge in [-0.2, -0.15) is 111 Å². The third-order valence-electron chi connectivity index (χ3n) is 12.4. The van der Waals surface area contributed by atoms with Crippen molar-refractivity contribution in [1.29, 1.82) is 5.26 Å². The molecule has 0 aliphatic carbocycles. The van der Waals surface area contributed by atoms with Crippen LogP contribution in [0, 0.1) is 34.3 Å². The normalized spacial score (nSPS) is 16.3. The Morgan fingerprint density at radius 3 is 0.970 bits per heavy atom. The summed E-state index contributed by atoms with van der Waals surface area (Å²) in [7, 11) is 4.55. The number of nitrogens with two attached hydrogens (primary N) is 1. The molecule has 0 aliphatic heterocycles. The van der Waals surface area contributed by atoms with Gasteiger partial charge in [-0.15, -0.1) is 19.7 Å². The molecule has 0 aliphatic rings. The minimum absolute atomic E-state index is 0.0179. The molecular weight excluding hydrogens is 1630 g/mol. The minimum atomic E-state index is -5.44. The first-order valence-corrected chi connectivity index (χ1v) is 36.1. The summed E-state index contributed by atoms with van der Waals surface area (Å²) >= 11 is 18.0. The predicted molar refractivity (Wildman–Crippen MR) is 338 cm³/mol. The Kier molecular flexibility index (Phi) is 59.5. The Labute approximate surface area is 593 Å². The van der Waals surface area contributed by atoms with Gasteiger partial charge in [0, 0.05) is 54.0 Å². The number of hydrogen-bond acceptors (Lipinski definition) is 9. The maximum Gasteiger partial charge on any atom is 0.422 e. The SMILES string of the molecule is C=C.C=CCC.CC(F)(CC(CCCBr)C(F)(F)F)C(F)(F)F.CC(F)(CC(CCCS(=O)(=O)Cl)C(F)(F)F)C(F)(F)F.CC(F)(CC(CCCSC#N)C(F)(F)F)C(F)(F)F.CN(C)CCCN.CN(C)CCCNS(=O)(=O)CCCC(CC(C)(F)C(F)(F)F)C(F)(F)F.ClC(Cl)Cl. The van der Waals surface area contributed by atoms with Crippen LogP contribution in [0.5, 0.6) is 0 Å². The first-order valence-electron chi connectivity index (χ1n) is 28.6. The highest BCUT2D eigenvalue weighted by Gasteiger charge is 2.60. The average molecular weight is 1720 g/mol. The van der Waals surface area contributed by atoms with E-state index in [2.05, 4.69) is 66.3 Å². The van der Waals surface area contributed by atoms with Gasteiger partial charge in [-0.05, 0) is 158 Å². The first kappa shape index (κ1) is 114. The molecule has 0 rings (SSSR count). The van der Waals surface area contributed by atoms with Crippen LogP contribution in [-0.2, 0) is 19.1 Å². The van der Waals surface area contributed by atoms with Crippen LogP contribution >= 0.6 is 73.2 Å². The zero-order valence-corrected chi connectivity index (χ0v) is 62.2. The fourth-order valence-electron chi connectivity index (χ4n) is 6.74. The van der Waals surface area contributed by atoms with Gasteiger partial charge < -0.3 is 15.5 Å². The van der Waals surface area contributed by atoms with Crippen LogP contribution in [0.2, 0.25) is 0 Å². The third-order valence-corrected chi connectivity index (χ3v) is 16.3. The van der Waals surface area contributed by atoms with Gasteiger partial charge in [0.05, 0.1) is 35.2 Å². The monoisotopic (exact) mass is 1720 g/mol. The fraction of sp³-hybridized carbons (Fsp3) is 0.907. The molecule has 8 unspecified atom stereocenters. The van der Waals surface area contributed by atoms with Crippen molar-refractivity contribution in [1.82, 2.24) is 14.5 Å². The van der Waals surface area contributed by atoms with Gasteiger partial charge in [0.25, 0.3) is 0 Å². The Balaban J connectivity index is -0.000000173. The lowest BCUT2D eigenvalue weighted by atomic mass is 9.89. The molecule has 0 radical (unpaired) electrons. The standard InChI is InChI=1S/C14H25F7N2O2S.C10H12F7NS.C9H12BrF7.C9H12ClF7O2S.C5H14N2.C4H8.C2H4.CHCl3/c1-12(15,14(19,20)21)10-11(13(16,17)18)6-4-9-26(24,25)22-7-5-8-23(2)3;1-8(11,10(15,16)17)5-7(9(12,13)14)3-2-4-19-6-18;1-7(11,9(15,16)17)5-6(3-2-4-10)8(12,13)14;1-7(11,9(15,16)17)5-6(8(12,13)14)3-2-4-20(10,18)19;1-7(2)5-3-4-6;1-3-4-2;1-2;2-1(3)4/h11,22H,4-10H2,1-3H3;7H,2-5H2,1H3;6H,2-5H2,1H3;6H,2-5H2,1H3;3-6H2,1-2H3;3H,1,4H2,2H3;1-2H2;1H. The second kappa shape index (κ2) is 51.9. The number of alkyl halides is 32. The molecule has 0 saturated carbocycles. The summed E-state index contributed by atoms with van der Waals surface area (Å²) in [5.74, 6) is -11.3. The van der Waals surface area contributed by atoms with Crippen molar-refractivity contribution in [2.24, 2.45) is 29.4 Å². The van der Waals surface area contributed by atoms with E-state index in [0.717, 1.165) is 25.9 Å². The van der Waals surface area contributed by atoms with Crippen LogP contribution in [0.1, 0.15) is 131 Å². The summed E-state index contributed by atoms with van der Waals surface area (Å²) < 4.78 is 398. The zero-order chi connectivity index (χ0) is 81.1. The maximum atomic E-state index is 13.6. The van der Waals surface area contributed by atoms with Crippen molar-refractivity contribution in [2.45, 2.75) is 207 Å². The van der Waals surface area contributed by atoms with Crippen molar-refractivity contribution >= 4 is 92.3 Å². The highest BCUT2D eigenvalue weighted by Crippen LogP contribution is 2.48. The van der Waals surface area contributed by atoms with E-state index in [0.29, 0.717) is 24.7 Å². The van der Waals surface area contributed by atoms with Gasteiger partial charge in [-0.3, -0.25) is 0 Å². The van der Waals surface area contributed by atoms with Gasteiger partial charge in [-0.1, -0.05) is 63.7 Å². The minimum Gasteiger partial charge on any atom is -0.330 e. The number of thiocyanates is 1. The summed E-state index contributed by atoms with van der Waals surface area (Å²) in [6, 6.07) is 0. The van der Waals surface area contributed by atoms with Crippen LogP contribution in [0.25, 0.3) is 0 Å². The summed E-state index contributed by atoms with van der Waals surface area (Å²) in [6.45, 7) is 14.5. The largest absolute Gasteiger partial charge is 0.422 e. The van der Waals surface area contributed by atoms with Crippen LogP contribution in [-0.4, -0.2) is 180 Å². The number of allylic oxidation sites excluding steroid dienone is 1. The van der Waals surface area contributed by atoms with Gasteiger partial charge in [0.15, 0.2) is 4.30 Å². The van der Waals surface area contributed by atoms with E-state index in [4.69, 9.17) is 56.5 Å². The third kappa shape index (κ3) is 64.8. The molecule has 0 aromatic carbocycles. The summed E-state index contributed by atoms with van der Waals surface area (Å²) in [4.78, 5) is 3.95. The van der Waals surface area contributed by atoms with E-state index in [9.17, 15) is 140 Å². The molecule has 8 atom stereocenters. The van der Waals surface area contributed by atoms with Crippen molar-refractivity contribution in [3.8, 4) is 5.40 Å². The Hall–Kier alpha value is -1.26. The van der Waals surface area contributed by atoms with E-state index in [1.54, 1.807) is 19.5 Å². The number of nitriles is 1. The van der Waals surface area contributed by atoms with Crippen LogP contribution in [0.4, 0.5) is 123 Å². The predicted octanol–water partition coefficient (Wildman–Crippen LogP) is 21.8. The number of nitrogens with one attached hydrogen (secondary N) is 1. The van der Waals surface area contributed by atoms with Crippen LogP contribution < -0.4 is 10.5 Å². The lowest BCUT2D eigenvalue weighted by Crippen LogP contribution is -2.42. The van der Waals surface area contributed by atoms with E-state index in [-0.39, 0.29) is 58.2 Å². The summed E-state index contributed by atoms with van der Waals surface area (Å²) in [5.41, 5.74) is -10.5. The molecule has 0 spiro atoms. The topological polar surface area (TPSA) is 137 Å². The molecule has 9 nitrogen and oxygen atoms in total. The number of rotatable bonds is 32. The first-order chi connectivity index (χ1) is 43.8. The van der Waals surface area contributed by atoms with Gasteiger partial charge in [-0.25, -0.2) is 39.1 Å². The van der Waals surface area contributed by atoms with E-state index < -0.39 is 195 Å². The maximum absolute atomic E-state index is 13.6. The highest BCUT2D eigenvalue weighted by atomic mass is 79.9. The molecule has 0 amide bonds. The van der Waals surface area contributed by atoms with Crippen molar-refractivity contribution in [2.75, 3.05) is 77.0 Å². The molecule has 0 bridgehead atoms. The number of hydrogen-bond donors (Lipinski definition) is 2. The lowest BCUT2D eigenvalue weighted by Gasteiger charge is -2.29. The van der Waals surface area contributed by atoms with Crippen molar-refractivity contribution in [3.63, 3.8) is 0 Å². The lowest BCUT2D eigenvalue weighted by molar-refractivity contribution is -0.249. The molecule has 45 heteroatoms. The molecular formula is C54H88BrCl4F28N5O4S3. The molecule has 3 N–H and O–H groups in total. The van der Waals surface area contributed by atoms with Crippen LogP contribution in [0.15, 0.2) is 25.8 Å². The molecule has 0 aromatic rings. The molecule has 0 fully saturated rings. The van der Waals surface area contributed by atoms with E-state index >= 15 is 0 Å². The van der Waals surface area contributed by atoms with Gasteiger partial charge in [0.2, 0.25) is 41.7 Å². The molecule has 99 heavy (non-hydrogen) atoms. The molecule has 0 saturated heterocycles. The Morgan fingerprint density at radius 2 is 0.768 bits per heavy atom. The molecule has 0 heterocycles. The number of thioether (sulfide) groups is 1. The zero-order valence-electron chi connectivity index (χ0n) is 55.1. The fourth-order valence-corrected chi connectivity index (χ4v) is 9.45. The van der Waals surface area contributed by atoms with E-state index in [1.165, 1.54) is 0 Å². The van der Waals surface area contributed by atoms with Crippen LogP contribution in [0.3, 0.4) is 0 Å².